The van der Waals surface area contributed by atoms with E-state index in [4.69, 9.17) is 0 Å². The van der Waals surface area contributed by atoms with Crippen molar-refractivity contribution >= 4 is 65.0 Å². The van der Waals surface area contributed by atoms with Gasteiger partial charge in [0.05, 0.1) is 12.6 Å². The monoisotopic (exact) mass is 1190 g/mol. The van der Waals surface area contributed by atoms with E-state index in [-0.39, 0.29) is 55.8 Å². The Labute approximate surface area is 502 Å². The van der Waals surface area contributed by atoms with Gasteiger partial charge in [-0.2, -0.15) is 0 Å². The maximum atomic E-state index is 15.0. The van der Waals surface area contributed by atoms with Gasteiger partial charge in [-0.05, 0) is 101 Å². The Morgan fingerprint density at radius 1 is 0.464 bits per heavy atom. The van der Waals surface area contributed by atoms with Crippen LogP contribution in [0.4, 0.5) is 0 Å². The van der Waals surface area contributed by atoms with Crippen molar-refractivity contribution in [2.45, 2.75) is 223 Å². The highest BCUT2D eigenvalue weighted by molar-refractivity contribution is 5.99. The lowest BCUT2D eigenvalue weighted by Crippen LogP contribution is -2.63. The highest BCUT2D eigenvalue weighted by Crippen LogP contribution is 2.24. The fraction of sp³-hybridized carbons (Fsp3) is 0.787. The number of carbonyl (C=O) groups is 11. The van der Waals surface area contributed by atoms with Gasteiger partial charge in [-0.25, -0.2) is 0 Å². The average Bonchev–Trinajstić information content (AvgIpc) is 3.47. The molecule has 0 aromatic rings. The predicted octanol–water partition coefficient (Wildman–Crippen LogP) is 2.93. The molecular formula is C61H109N11O12. The number of nitrogens with zero attached hydrogens (tertiary/aromatic N) is 6. The van der Waals surface area contributed by atoms with Crippen LogP contribution in [0.3, 0.4) is 0 Å². The number of likely N-dealkylation sites (N-methyl/N-ethyl adjacent to an activating group) is 6. The molecule has 1 heterocycles. The summed E-state index contributed by atoms with van der Waals surface area (Å²) in [6.45, 7) is 29.2. The Hall–Kier alpha value is -6.13. The second-order valence-electron chi connectivity index (χ2n) is 25.7. The lowest BCUT2D eigenvalue weighted by Gasteiger charge is -2.40. The van der Waals surface area contributed by atoms with Crippen LogP contribution in [0, 0.1) is 41.4 Å². The minimum Gasteiger partial charge on any atom is -0.390 e. The van der Waals surface area contributed by atoms with Crippen LogP contribution in [-0.2, 0) is 52.7 Å². The SMILES string of the molecule is C/C=C/CC(C)C(O)C1C(=O)NC(CC)C(=O)N(C)CC(=O)N(C)C(CC(C)C)C(=O)NC(C(C)C)C(=O)N(C)C(CC(C)C)C(=O)NC(C)C(=O)NC(C)C(=O)N(C)C(CC(C)C)C(=O)NC(CC(C)C)C(=O)N(C)C(C(C)C)C(=O)N1C. The van der Waals surface area contributed by atoms with Crippen LogP contribution < -0.4 is 26.6 Å². The Morgan fingerprint density at radius 2 is 0.893 bits per heavy atom. The number of carbonyl (C=O) groups excluding carboxylic acids is 11. The van der Waals surface area contributed by atoms with E-state index in [1.807, 2.05) is 55.4 Å². The molecular weight excluding hydrogens is 1080 g/mol. The smallest absolute Gasteiger partial charge is 0.246 e. The summed E-state index contributed by atoms with van der Waals surface area (Å²) in [6.07, 6.45) is 3.00. The Balaban J connectivity index is 4.27. The Morgan fingerprint density at radius 3 is 1.35 bits per heavy atom. The first-order valence-corrected chi connectivity index (χ1v) is 30.2. The summed E-state index contributed by atoms with van der Waals surface area (Å²) >= 11 is 0. The van der Waals surface area contributed by atoms with Crippen LogP contribution in [0.5, 0.6) is 0 Å². The molecule has 1 saturated heterocycles. The molecule has 480 valence electrons. The van der Waals surface area contributed by atoms with Gasteiger partial charge < -0.3 is 61.1 Å². The third kappa shape index (κ3) is 21.7. The first-order valence-electron chi connectivity index (χ1n) is 30.2. The maximum absolute atomic E-state index is 15.0. The van der Waals surface area contributed by atoms with E-state index in [0.717, 1.165) is 9.80 Å². The fourth-order valence-electron chi connectivity index (χ4n) is 10.4. The van der Waals surface area contributed by atoms with Gasteiger partial charge in [-0.15, -0.1) is 0 Å². The topological polar surface area (TPSA) is 288 Å². The first kappa shape index (κ1) is 75.9. The number of amides is 11. The van der Waals surface area contributed by atoms with E-state index in [9.17, 15) is 53.1 Å². The van der Waals surface area contributed by atoms with Crippen LogP contribution in [0.25, 0.3) is 0 Å². The van der Waals surface area contributed by atoms with Gasteiger partial charge in [0.15, 0.2) is 0 Å². The number of hydrogen-bond acceptors (Lipinski definition) is 12. The molecule has 0 spiro atoms. The largest absolute Gasteiger partial charge is 0.390 e. The molecule has 0 radical (unpaired) electrons. The molecule has 1 rings (SSSR count). The third-order valence-corrected chi connectivity index (χ3v) is 15.6. The Kier molecular flexibility index (Phi) is 31.4. The quantitative estimate of drug-likeness (QED) is 0.129. The van der Waals surface area contributed by atoms with E-state index >= 15 is 4.79 Å². The minimum absolute atomic E-state index is 0.0224. The van der Waals surface area contributed by atoms with Crippen LogP contribution in [-0.4, -0.2) is 215 Å². The van der Waals surface area contributed by atoms with Gasteiger partial charge in [-0.3, -0.25) is 52.7 Å². The van der Waals surface area contributed by atoms with Crippen molar-refractivity contribution in [3.8, 4) is 0 Å². The van der Waals surface area contributed by atoms with E-state index < -0.39 is 156 Å². The molecule has 23 nitrogen and oxygen atoms in total. The fourth-order valence-corrected chi connectivity index (χ4v) is 10.4. The minimum atomic E-state index is -1.61. The van der Waals surface area contributed by atoms with Gasteiger partial charge in [0.1, 0.15) is 60.4 Å². The molecule has 12 atom stereocenters. The van der Waals surface area contributed by atoms with Crippen molar-refractivity contribution in [3.63, 3.8) is 0 Å². The molecule has 11 amide bonds. The lowest BCUT2D eigenvalue weighted by molar-refractivity contribution is -0.154. The first-order chi connectivity index (χ1) is 38.8. The number of aliphatic hydroxyl groups is 1. The summed E-state index contributed by atoms with van der Waals surface area (Å²) in [4.78, 5) is 166. The van der Waals surface area contributed by atoms with Crippen LogP contribution in [0.1, 0.15) is 156 Å². The average molecular weight is 1190 g/mol. The lowest BCUT2D eigenvalue weighted by atomic mass is 9.91. The van der Waals surface area contributed by atoms with Gasteiger partial charge in [-0.1, -0.05) is 109 Å². The van der Waals surface area contributed by atoms with Crippen molar-refractivity contribution < 1.29 is 57.8 Å². The molecule has 1 aliphatic rings. The number of aliphatic hydroxyl groups excluding tert-OH is 1. The number of hydrogen-bond donors (Lipinski definition) is 6. The zero-order chi connectivity index (χ0) is 65.1. The van der Waals surface area contributed by atoms with Crippen LogP contribution >= 0.6 is 0 Å². The van der Waals surface area contributed by atoms with Gasteiger partial charge in [0.2, 0.25) is 65.0 Å². The molecule has 84 heavy (non-hydrogen) atoms. The normalized spacial score (nSPS) is 27.0. The molecule has 0 saturated carbocycles. The number of nitrogens with one attached hydrogen (secondary N) is 5. The second kappa shape index (κ2) is 34.7. The van der Waals surface area contributed by atoms with Crippen molar-refractivity contribution in [1.29, 1.82) is 0 Å². The van der Waals surface area contributed by atoms with E-state index in [0.29, 0.717) is 6.42 Å². The number of rotatable bonds is 15. The third-order valence-electron chi connectivity index (χ3n) is 15.6. The zero-order valence-electron chi connectivity index (χ0n) is 55.1. The molecule has 1 fully saturated rings. The highest BCUT2D eigenvalue weighted by Gasteiger charge is 2.45. The van der Waals surface area contributed by atoms with Crippen molar-refractivity contribution in [2.75, 3.05) is 48.8 Å². The van der Waals surface area contributed by atoms with Crippen LogP contribution in [0.15, 0.2) is 12.2 Å². The van der Waals surface area contributed by atoms with Gasteiger partial charge in [0, 0.05) is 42.3 Å². The standard InChI is InChI=1S/C61H109N11O12/c1-24-26-27-39(15)51(74)50-56(79)64-42(25-2)58(81)67(18)32-47(73)68(19)44(29-34(5)6)55(78)66-48(37(11)12)60(83)70(21)45(30-35(7)8)53(76)62-40(16)52(75)63-41(17)57(80)69(20)46(31-36(9)10)54(77)65-43(28-33(3)4)59(82)71(22)49(38(13)14)61(84)72(50)23/h24,26,33-46,48-51,74H,25,27-32H2,1-23H3,(H,62,76)(H,63,75)(H,64,79)(H,65,77)(H,66,78)/b26-24+. The summed E-state index contributed by atoms with van der Waals surface area (Å²) < 4.78 is 0. The van der Waals surface area contributed by atoms with E-state index in [1.54, 1.807) is 60.6 Å². The second-order valence-corrected chi connectivity index (χ2v) is 25.7. The molecule has 12 unspecified atom stereocenters. The van der Waals surface area contributed by atoms with Gasteiger partial charge in [0.25, 0.3) is 0 Å². The van der Waals surface area contributed by atoms with Gasteiger partial charge >= 0.3 is 0 Å². The summed E-state index contributed by atoms with van der Waals surface area (Å²) in [5.74, 6) is -9.87. The molecule has 6 N–H and O–H groups in total. The molecule has 0 aromatic carbocycles. The van der Waals surface area contributed by atoms with Crippen LogP contribution in [0.2, 0.25) is 0 Å². The highest BCUT2D eigenvalue weighted by atomic mass is 16.3. The summed E-state index contributed by atoms with van der Waals surface area (Å²) in [5.41, 5.74) is 0. The molecule has 1 aliphatic heterocycles. The van der Waals surface area contributed by atoms with Crippen molar-refractivity contribution in [1.82, 2.24) is 56.0 Å². The zero-order valence-corrected chi connectivity index (χ0v) is 55.1. The molecule has 23 heteroatoms. The molecule has 0 aromatic heterocycles. The molecule has 0 aliphatic carbocycles. The number of allylic oxidation sites excluding steroid dienone is 2. The summed E-state index contributed by atoms with van der Waals surface area (Å²) in [5, 5.41) is 25.9. The van der Waals surface area contributed by atoms with Crippen molar-refractivity contribution in [3.05, 3.63) is 12.2 Å². The van der Waals surface area contributed by atoms with E-state index in [2.05, 4.69) is 26.6 Å². The Bertz CT molecular complexity index is 2290. The molecule has 0 bridgehead atoms. The maximum Gasteiger partial charge on any atom is 0.246 e. The van der Waals surface area contributed by atoms with E-state index in [1.165, 1.54) is 75.7 Å². The summed E-state index contributed by atoms with van der Waals surface area (Å²) in [7, 11) is 8.39. The summed E-state index contributed by atoms with van der Waals surface area (Å²) in [6, 6.07) is -12.4. The predicted molar refractivity (Wildman–Crippen MR) is 324 cm³/mol. The van der Waals surface area contributed by atoms with Crippen molar-refractivity contribution in [2.24, 2.45) is 41.4 Å².